The highest BCUT2D eigenvalue weighted by molar-refractivity contribution is 4.72. The summed E-state index contributed by atoms with van der Waals surface area (Å²) in [4.78, 5) is 0. The van der Waals surface area contributed by atoms with Crippen LogP contribution in [0, 0.1) is 5.92 Å². The van der Waals surface area contributed by atoms with E-state index in [1.165, 1.54) is 32.1 Å². The smallest absolute Gasteiger partial charge is 0.0834 e. The topological polar surface area (TPSA) is 29.5 Å². The van der Waals surface area contributed by atoms with Gasteiger partial charge in [-0.2, -0.15) is 0 Å². The summed E-state index contributed by atoms with van der Waals surface area (Å²) >= 11 is 0. The van der Waals surface area contributed by atoms with Gasteiger partial charge in [-0.1, -0.05) is 46.0 Å². The number of hydrogen-bond donors (Lipinski definition) is 1. The van der Waals surface area contributed by atoms with Gasteiger partial charge in [0.1, 0.15) is 0 Å². The van der Waals surface area contributed by atoms with Crippen molar-refractivity contribution in [3.05, 3.63) is 0 Å². The second-order valence-electron chi connectivity index (χ2n) is 5.32. The molecule has 1 fully saturated rings. The van der Waals surface area contributed by atoms with Gasteiger partial charge in [-0.3, -0.25) is 0 Å². The van der Waals surface area contributed by atoms with E-state index in [1.807, 2.05) is 0 Å². The van der Waals surface area contributed by atoms with Crippen LogP contribution in [0.5, 0.6) is 0 Å². The third-order valence-electron chi connectivity index (χ3n) is 3.54. The fourth-order valence-corrected chi connectivity index (χ4v) is 2.49. The molecule has 1 aliphatic rings. The van der Waals surface area contributed by atoms with Crippen LogP contribution in [0.4, 0.5) is 0 Å². The van der Waals surface area contributed by atoms with Gasteiger partial charge in [0.15, 0.2) is 0 Å². The maximum Gasteiger partial charge on any atom is 0.0834 e. The van der Waals surface area contributed by atoms with Crippen LogP contribution in [-0.2, 0) is 4.74 Å². The molecule has 16 heavy (non-hydrogen) atoms. The van der Waals surface area contributed by atoms with E-state index in [4.69, 9.17) is 4.74 Å². The molecule has 0 aromatic heterocycles. The Kier molecular flexibility index (Phi) is 7.06. The Bertz CT molecular complexity index is 170. The van der Waals surface area contributed by atoms with Crippen LogP contribution in [0.15, 0.2) is 0 Å². The van der Waals surface area contributed by atoms with Crippen molar-refractivity contribution in [3.63, 3.8) is 0 Å². The van der Waals surface area contributed by atoms with E-state index >= 15 is 0 Å². The molecule has 0 radical (unpaired) electrons. The summed E-state index contributed by atoms with van der Waals surface area (Å²) in [5.41, 5.74) is 0. The first kappa shape index (κ1) is 14.0. The number of rotatable bonds is 5. The average molecular weight is 228 g/mol. The lowest BCUT2D eigenvalue weighted by Crippen LogP contribution is -2.31. The number of hydrogen-bond acceptors (Lipinski definition) is 2. The molecule has 1 aliphatic carbocycles. The van der Waals surface area contributed by atoms with Gasteiger partial charge in [-0.05, 0) is 25.2 Å². The minimum absolute atomic E-state index is 0.0969. The number of aliphatic hydroxyl groups is 1. The third-order valence-corrected chi connectivity index (χ3v) is 3.54. The van der Waals surface area contributed by atoms with Crippen LogP contribution >= 0.6 is 0 Å². The molecular weight excluding hydrogens is 200 g/mol. The molecule has 0 aliphatic heterocycles. The lowest BCUT2D eigenvalue weighted by molar-refractivity contribution is -0.0594. The van der Waals surface area contributed by atoms with Gasteiger partial charge in [-0.15, -0.1) is 0 Å². The summed E-state index contributed by atoms with van der Waals surface area (Å²) in [5, 5.41) is 9.99. The van der Waals surface area contributed by atoms with Crippen molar-refractivity contribution in [1.29, 1.82) is 0 Å². The molecule has 2 nitrogen and oxygen atoms in total. The lowest BCUT2D eigenvalue weighted by atomic mass is 9.96. The second-order valence-corrected chi connectivity index (χ2v) is 5.32. The molecule has 2 heteroatoms. The normalized spacial score (nSPS) is 29.4. The molecule has 0 amide bonds. The van der Waals surface area contributed by atoms with Crippen molar-refractivity contribution in [2.45, 2.75) is 77.4 Å². The zero-order chi connectivity index (χ0) is 11.8. The summed E-state index contributed by atoms with van der Waals surface area (Å²) in [6.45, 7) is 5.26. The molecule has 0 aromatic rings. The Hall–Kier alpha value is -0.0800. The standard InChI is InChI=1S/C14H28O2/c1-3-8-12(2)11-16-14-10-7-5-4-6-9-13(14)15/h12-15H,3-11H2,1-2H3. The predicted molar refractivity (Wildman–Crippen MR) is 67.5 cm³/mol. The highest BCUT2D eigenvalue weighted by atomic mass is 16.5. The summed E-state index contributed by atoms with van der Waals surface area (Å²) in [6.07, 6.45) is 9.23. The molecule has 96 valence electrons. The second kappa shape index (κ2) is 8.08. The Morgan fingerprint density at radius 3 is 2.56 bits per heavy atom. The quantitative estimate of drug-likeness (QED) is 0.780. The van der Waals surface area contributed by atoms with Crippen LogP contribution in [-0.4, -0.2) is 23.9 Å². The largest absolute Gasteiger partial charge is 0.390 e. The highest BCUT2D eigenvalue weighted by Gasteiger charge is 2.21. The summed E-state index contributed by atoms with van der Waals surface area (Å²) in [5.74, 6) is 0.627. The minimum Gasteiger partial charge on any atom is -0.390 e. The molecule has 1 N–H and O–H groups in total. The van der Waals surface area contributed by atoms with E-state index in [2.05, 4.69) is 13.8 Å². The van der Waals surface area contributed by atoms with Crippen molar-refractivity contribution in [2.75, 3.05) is 6.61 Å². The minimum atomic E-state index is -0.228. The van der Waals surface area contributed by atoms with Gasteiger partial charge in [0.05, 0.1) is 12.2 Å². The molecule has 0 aromatic carbocycles. The van der Waals surface area contributed by atoms with Gasteiger partial charge < -0.3 is 9.84 Å². The number of ether oxygens (including phenoxy) is 1. The summed E-state index contributed by atoms with van der Waals surface area (Å²) in [7, 11) is 0. The monoisotopic (exact) mass is 228 g/mol. The van der Waals surface area contributed by atoms with Crippen LogP contribution in [0.25, 0.3) is 0 Å². The highest BCUT2D eigenvalue weighted by Crippen LogP contribution is 2.21. The van der Waals surface area contributed by atoms with Crippen molar-refractivity contribution in [3.8, 4) is 0 Å². The van der Waals surface area contributed by atoms with E-state index < -0.39 is 0 Å². The first-order valence-electron chi connectivity index (χ1n) is 7.03. The van der Waals surface area contributed by atoms with Crippen LogP contribution in [0.2, 0.25) is 0 Å². The van der Waals surface area contributed by atoms with Crippen molar-refractivity contribution >= 4 is 0 Å². The molecule has 0 heterocycles. The first-order valence-corrected chi connectivity index (χ1v) is 7.03. The lowest BCUT2D eigenvalue weighted by Gasteiger charge is -2.26. The molecule has 0 saturated heterocycles. The van der Waals surface area contributed by atoms with E-state index in [0.29, 0.717) is 5.92 Å². The van der Waals surface area contributed by atoms with Crippen molar-refractivity contribution in [1.82, 2.24) is 0 Å². The Labute approximate surface area is 100 Å². The Morgan fingerprint density at radius 1 is 1.19 bits per heavy atom. The zero-order valence-corrected chi connectivity index (χ0v) is 11.0. The molecule has 0 spiro atoms. The summed E-state index contributed by atoms with van der Waals surface area (Å²) in [6, 6.07) is 0. The molecule has 0 bridgehead atoms. The molecule has 3 unspecified atom stereocenters. The third kappa shape index (κ3) is 5.31. The van der Waals surface area contributed by atoms with Gasteiger partial charge in [0.25, 0.3) is 0 Å². The van der Waals surface area contributed by atoms with E-state index in [1.54, 1.807) is 0 Å². The predicted octanol–water partition coefficient (Wildman–Crippen LogP) is 3.52. The molecule has 1 saturated carbocycles. The maximum atomic E-state index is 9.99. The fourth-order valence-electron chi connectivity index (χ4n) is 2.49. The van der Waals surface area contributed by atoms with Crippen LogP contribution in [0.3, 0.4) is 0 Å². The first-order chi connectivity index (χ1) is 7.74. The zero-order valence-electron chi connectivity index (χ0n) is 11.0. The molecule has 1 rings (SSSR count). The SMILES string of the molecule is CCCC(C)COC1CCCCCCC1O. The van der Waals surface area contributed by atoms with Gasteiger partial charge in [0, 0.05) is 6.61 Å². The fraction of sp³-hybridized carbons (Fsp3) is 1.00. The van der Waals surface area contributed by atoms with E-state index in [9.17, 15) is 5.11 Å². The van der Waals surface area contributed by atoms with E-state index in [0.717, 1.165) is 25.9 Å². The van der Waals surface area contributed by atoms with Crippen LogP contribution < -0.4 is 0 Å². The summed E-state index contributed by atoms with van der Waals surface area (Å²) < 4.78 is 5.90. The van der Waals surface area contributed by atoms with Gasteiger partial charge in [-0.25, -0.2) is 0 Å². The van der Waals surface area contributed by atoms with Gasteiger partial charge >= 0.3 is 0 Å². The van der Waals surface area contributed by atoms with E-state index in [-0.39, 0.29) is 12.2 Å². The Balaban J connectivity index is 2.25. The molecular formula is C14H28O2. The average Bonchev–Trinajstić information content (AvgIpc) is 2.23. The Morgan fingerprint density at radius 2 is 1.88 bits per heavy atom. The van der Waals surface area contributed by atoms with Gasteiger partial charge in [0.2, 0.25) is 0 Å². The molecule has 3 atom stereocenters. The van der Waals surface area contributed by atoms with Crippen molar-refractivity contribution in [2.24, 2.45) is 5.92 Å². The van der Waals surface area contributed by atoms with Crippen LogP contribution in [0.1, 0.15) is 65.2 Å². The maximum absolute atomic E-state index is 9.99. The number of aliphatic hydroxyl groups excluding tert-OH is 1. The van der Waals surface area contributed by atoms with Crippen molar-refractivity contribution < 1.29 is 9.84 Å².